The Morgan fingerprint density at radius 3 is 2.63 bits per heavy atom. The van der Waals surface area contributed by atoms with Crippen molar-refractivity contribution < 1.29 is 4.79 Å². The summed E-state index contributed by atoms with van der Waals surface area (Å²) in [6.45, 7) is 1.96. The number of benzene rings is 2. The van der Waals surface area contributed by atoms with Gasteiger partial charge in [0.05, 0.1) is 10.7 Å². The predicted octanol–water partition coefficient (Wildman–Crippen LogP) is 1.10. The number of hydrogen-bond acceptors (Lipinski definition) is 3. The van der Waals surface area contributed by atoms with Crippen molar-refractivity contribution in [3.63, 3.8) is 0 Å². The van der Waals surface area contributed by atoms with Crippen LogP contribution in [0, 0.1) is 6.92 Å². The molecule has 2 N–H and O–H groups in total. The molecular formula is C15H13N3O. The molecule has 0 saturated carbocycles. The van der Waals surface area contributed by atoms with Crippen molar-refractivity contribution in [1.29, 1.82) is 0 Å². The Morgan fingerprint density at radius 1 is 1.11 bits per heavy atom. The Bertz CT molecular complexity index is 780. The summed E-state index contributed by atoms with van der Waals surface area (Å²) in [7, 11) is 0. The fourth-order valence-corrected chi connectivity index (χ4v) is 2.18. The molecule has 1 unspecified atom stereocenters. The lowest BCUT2D eigenvalue weighted by Crippen LogP contribution is -2.33. The maximum atomic E-state index is 12.1. The summed E-state index contributed by atoms with van der Waals surface area (Å²) < 4.78 is 0. The van der Waals surface area contributed by atoms with Crippen molar-refractivity contribution in [2.45, 2.75) is 13.0 Å². The predicted molar refractivity (Wildman–Crippen MR) is 72.1 cm³/mol. The van der Waals surface area contributed by atoms with E-state index >= 15 is 0 Å². The van der Waals surface area contributed by atoms with Crippen LogP contribution in [0.2, 0.25) is 0 Å². The second-order valence-corrected chi connectivity index (χ2v) is 4.60. The smallest absolute Gasteiger partial charge is 0.275 e. The van der Waals surface area contributed by atoms with E-state index < -0.39 is 6.04 Å². The lowest BCUT2D eigenvalue weighted by atomic mass is 10.0. The van der Waals surface area contributed by atoms with Gasteiger partial charge in [-0.15, -0.1) is 0 Å². The van der Waals surface area contributed by atoms with Crippen LogP contribution >= 0.6 is 0 Å². The normalized spacial score (nSPS) is 17.3. The fraction of sp³-hybridized carbons (Fsp3) is 0.133. The van der Waals surface area contributed by atoms with Crippen molar-refractivity contribution >= 4 is 11.6 Å². The average molecular weight is 251 g/mol. The van der Waals surface area contributed by atoms with Crippen LogP contribution in [0.25, 0.3) is 0 Å². The lowest BCUT2D eigenvalue weighted by molar-refractivity contribution is -0.119. The third-order valence-electron chi connectivity index (χ3n) is 3.15. The highest BCUT2D eigenvalue weighted by Crippen LogP contribution is 2.26. The first-order valence-corrected chi connectivity index (χ1v) is 6.06. The number of carbonyl (C=O) groups is 1. The van der Waals surface area contributed by atoms with Crippen molar-refractivity contribution in [3.8, 4) is 0 Å². The molecule has 0 bridgehead atoms. The lowest BCUT2D eigenvalue weighted by Gasteiger charge is -2.14. The quantitative estimate of drug-likeness (QED) is 0.771. The molecule has 0 saturated heterocycles. The number of amides is 1. The number of nitrogens with zero attached hydrogens (tertiary/aromatic N) is 2. The van der Waals surface area contributed by atoms with Gasteiger partial charge in [-0.1, -0.05) is 29.8 Å². The molecule has 94 valence electrons. The van der Waals surface area contributed by atoms with E-state index in [4.69, 9.17) is 5.73 Å². The summed E-state index contributed by atoms with van der Waals surface area (Å²) in [5.41, 5.74) is 8.29. The summed E-state index contributed by atoms with van der Waals surface area (Å²) in [6, 6.07) is 12.3. The molecule has 1 aliphatic rings. The summed E-state index contributed by atoms with van der Waals surface area (Å²) in [5, 5.41) is 1.35. The highest BCUT2D eigenvalue weighted by Gasteiger charge is 2.23. The summed E-state index contributed by atoms with van der Waals surface area (Å²) in [5.74, 6) is -0.268. The minimum absolute atomic E-state index is 0.268. The molecule has 0 spiro atoms. The van der Waals surface area contributed by atoms with Gasteiger partial charge in [-0.25, -0.2) is 4.99 Å². The number of anilines is 1. The number of nitrogen functional groups attached to an aromatic ring is 1. The Balaban J connectivity index is 2.20. The highest BCUT2D eigenvalue weighted by atomic mass is 16.1. The number of rotatable bonds is 1. The van der Waals surface area contributed by atoms with Gasteiger partial charge in [-0.3, -0.25) is 9.79 Å². The van der Waals surface area contributed by atoms with Crippen LogP contribution in [0.5, 0.6) is 0 Å². The van der Waals surface area contributed by atoms with Crippen molar-refractivity contribution in [3.05, 3.63) is 64.3 Å². The summed E-state index contributed by atoms with van der Waals surface area (Å²) in [4.78, 5) is 20.7. The molecule has 1 amide bonds. The fourth-order valence-electron chi connectivity index (χ4n) is 2.18. The first-order valence-electron chi connectivity index (χ1n) is 6.06. The molecule has 1 aliphatic heterocycles. The Labute approximate surface area is 110 Å². The molecule has 19 heavy (non-hydrogen) atoms. The van der Waals surface area contributed by atoms with Gasteiger partial charge in [0.15, 0.2) is 6.04 Å². The maximum Gasteiger partial charge on any atom is 0.275 e. The van der Waals surface area contributed by atoms with Gasteiger partial charge < -0.3 is 5.73 Å². The number of aryl methyl sites for hydroxylation is 1. The zero-order chi connectivity index (χ0) is 13.4. The number of hydrogen-bond donors (Lipinski definition) is 1. The Kier molecular flexibility index (Phi) is 2.63. The molecule has 0 aliphatic carbocycles. The third kappa shape index (κ3) is 2.01. The minimum Gasteiger partial charge on any atom is -0.398 e. The van der Waals surface area contributed by atoms with E-state index in [0.717, 1.165) is 16.5 Å². The molecule has 2 aromatic carbocycles. The standard InChI is InChI=1S/C15H13N3O/c1-9-6-7-11(16)10(8-9)14-15(19)18-13-5-3-2-4-12(13)17-14/h2-8,14H,16H2,1H3. The molecule has 0 fully saturated rings. The van der Waals surface area contributed by atoms with Gasteiger partial charge in [-0.05, 0) is 25.1 Å². The summed E-state index contributed by atoms with van der Waals surface area (Å²) >= 11 is 0. The van der Waals surface area contributed by atoms with Gasteiger partial charge in [0, 0.05) is 11.3 Å². The van der Waals surface area contributed by atoms with Crippen LogP contribution in [0.15, 0.2) is 52.4 Å². The van der Waals surface area contributed by atoms with Gasteiger partial charge in [0.2, 0.25) is 0 Å². The zero-order valence-electron chi connectivity index (χ0n) is 10.5. The van der Waals surface area contributed by atoms with E-state index in [1.807, 2.05) is 37.3 Å². The van der Waals surface area contributed by atoms with Crippen LogP contribution < -0.4 is 16.4 Å². The van der Waals surface area contributed by atoms with E-state index in [1.165, 1.54) is 0 Å². The van der Waals surface area contributed by atoms with E-state index in [9.17, 15) is 4.79 Å². The molecule has 0 aromatic heterocycles. The first-order chi connectivity index (χ1) is 9.15. The first kappa shape index (κ1) is 11.6. The number of carbonyl (C=O) groups excluding carboxylic acids is 1. The van der Waals surface area contributed by atoms with Crippen LogP contribution in [-0.4, -0.2) is 5.91 Å². The van der Waals surface area contributed by atoms with E-state index in [1.54, 1.807) is 12.1 Å². The molecule has 4 heteroatoms. The second-order valence-electron chi connectivity index (χ2n) is 4.60. The number of nitrogens with two attached hydrogens (primary N) is 1. The van der Waals surface area contributed by atoms with Crippen molar-refractivity contribution in [1.82, 2.24) is 0 Å². The van der Waals surface area contributed by atoms with Crippen LogP contribution in [0.1, 0.15) is 17.2 Å². The molecule has 2 aromatic rings. The number of para-hydroxylation sites is 2. The van der Waals surface area contributed by atoms with Gasteiger partial charge >= 0.3 is 0 Å². The molecule has 4 nitrogen and oxygen atoms in total. The van der Waals surface area contributed by atoms with Gasteiger partial charge in [-0.2, -0.15) is 0 Å². The van der Waals surface area contributed by atoms with Gasteiger partial charge in [0.25, 0.3) is 5.91 Å². The Morgan fingerprint density at radius 2 is 1.84 bits per heavy atom. The van der Waals surface area contributed by atoms with Crippen LogP contribution in [0.4, 0.5) is 5.69 Å². The largest absolute Gasteiger partial charge is 0.398 e. The van der Waals surface area contributed by atoms with Crippen molar-refractivity contribution in [2.24, 2.45) is 9.98 Å². The van der Waals surface area contributed by atoms with E-state index in [2.05, 4.69) is 9.98 Å². The molecule has 1 heterocycles. The van der Waals surface area contributed by atoms with Crippen LogP contribution in [0.3, 0.4) is 0 Å². The third-order valence-corrected chi connectivity index (χ3v) is 3.15. The van der Waals surface area contributed by atoms with Crippen LogP contribution in [-0.2, 0) is 4.79 Å². The maximum absolute atomic E-state index is 12.1. The van der Waals surface area contributed by atoms with Gasteiger partial charge in [0.1, 0.15) is 0 Å². The SMILES string of the molecule is Cc1ccc(N)c(C2N=c3ccccc3=NC2=O)c1. The molecule has 0 radical (unpaired) electrons. The van der Waals surface area contributed by atoms with E-state index in [0.29, 0.717) is 11.0 Å². The number of fused-ring (bicyclic) bond motifs is 1. The minimum atomic E-state index is -0.630. The Hall–Kier alpha value is -2.49. The van der Waals surface area contributed by atoms with E-state index in [-0.39, 0.29) is 5.91 Å². The topological polar surface area (TPSA) is 67.8 Å². The molecule has 1 atom stereocenters. The zero-order valence-corrected chi connectivity index (χ0v) is 10.5. The second kappa shape index (κ2) is 4.31. The average Bonchev–Trinajstić information content (AvgIpc) is 2.41. The summed E-state index contributed by atoms with van der Waals surface area (Å²) in [6.07, 6.45) is 0. The van der Waals surface area contributed by atoms with Crippen molar-refractivity contribution in [2.75, 3.05) is 5.73 Å². The molecular weight excluding hydrogens is 238 g/mol. The molecule has 3 rings (SSSR count). The monoisotopic (exact) mass is 251 g/mol. The highest BCUT2D eigenvalue weighted by molar-refractivity contribution is 5.86.